The SMILES string of the molecule is CCOc1cccc([C@H]2O[C@H](CC(=O)O)c3nnc(C(F)(F)F)n3-c3ccc(Cl)cc32)c1C#N. The number of alkyl halides is 3. The van der Waals surface area contributed by atoms with Crippen LogP contribution < -0.4 is 4.74 Å². The van der Waals surface area contributed by atoms with Crippen molar-refractivity contribution in [3.8, 4) is 17.5 Å². The van der Waals surface area contributed by atoms with E-state index in [0.717, 1.165) is 4.57 Å². The van der Waals surface area contributed by atoms with Gasteiger partial charge in [-0.15, -0.1) is 10.2 Å². The Morgan fingerprint density at radius 3 is 2.71 bits per heavy atom. The molecule has 0 amide bonds. The zero-order valence-corrected chi connectivity index (χ0v) is 18.3. The lowest BCUT2D eigenvalue weighted by atomic mass is 9.95. The highest BCUT2D eigenvalue weighted by Crippen LogP contribution is 2.45. The van der Waals surface area contributed by atoms with Crippen LogP contribution in [-0.2, 0) is 15.7 Å². The molecule has 2 aromatic carbocycles. The highest BCUT2D eigenvalue weighted by molar-refractivity contribution is 6.30. The molecule has 0 radical (unpaired) electrons. The molecule has 4 rings (SSSR count). The first-order valence-corrected chi connectivity index (χ1v) is 10.4. The van der Waals surface area contributed by atoms with Gasteiger partial charge in [-0.3, -0.25) is 9.36 Å². The molecule has 0 fully saturated rings. The summed E-state index contributed by atoms with van der Waals surface area (Å²) in [4.78, 5) is 11.6. The second-order valence-corrected chi connectivity index (χ2v) is 7.72. The quantitative estimate of drug-likeness (QED) is 0.542. The van der Waals surface area contributed by atoms with Gasteiger partial charge in [0.25, 0.3) is 0 Å². The Morgan fingerprint density at radius 2 is 2.06 bits per heavy atom. The summed E-state index contributed by atoms with van der Waals surface area (Å²) >= 11 is 6.19. The fourth-order valence-corrected chi connectivity index (χ4v) is 4.04. The van der Waals surface area contributed by atoms with Crippen molar-refractivity contribution in [3.63, 3.8) is 0 Å². The maximum Gasteiger partial charge on any atom is 0.452 e. The number of hydrogen-bond donors (Lipinski definition) is 1. The van der Waals surface area contributed by atoms with Gasteiger partial charge in [-0.2, -0.15) is 18.4 Å². The summed E-state index contributed by atoms with van der Waals surface area (Å²) in [6.07, 6.45) is -8.15. The molecule has 0 unspecified atom stereocenters. The van der Waals surface area contributed by atoms with Crippen LogP contribution in [0.2, 0.25) is 5.02 Å². The number of carboxylic acid groups (broad SMARTS) is 1. The molecular formula is C22H16ClF3N4O4. The maximum atomic E-state index is 13.8. The number of hydrogen-bond acceptors (Lipinski definition) is 6. The van der Waals surface area contributed by atoms with Crippen molar-refractivity contribution < 1.29 is 32.5 Å². The normalized spacial score (nSPS) is 17.3. The molecule has 0 saturated heterocycles. The van der Waals surface area contributed by atoms with Gasteiger partial charge in [0.1, 0.15) is 29.6 Å². The number of nitriles is 1. The predicted molar refractivity (Wildman–Crippen MR) is 112 cm³/mol. The van der Waals surface area contributed by atoms with E-state index < -0.39 is 36.6 Å². The van der Waals surface area contributed by atoms with Gasteiger partial charge in [0, 0.05) is 16.1 Å². The van der Waals surface area contributed by atoms with Crippen LogP contribution >= 0.6 is 11.6 Å². The molecule has 1 aliphatic rings. The van der Waals surface area contributed by atoms with Crippen molar-refractivity contribution in [1.29, 1.82) is 5.26 Å². The molecule has 1 aliphatic heterocycles. The maximum absolute atomic E-state index is 13.8. The molecule has 2 atom stereocenters. The second-order valence-electron chi connectivity index (χ2n) is 7.29. The van der Waals surface area contributed by atoms with Crippen LogP contribution in [0.3, 0.4) is 0 Å². The number of carboxylic acids is 1. The van der Waals surface area contributed by atoms with E-state index >= 15 is 0 Å². The number of fused-ring (bicyclic) bond motifs is 3. The molecule has 0 spiro atoms. The molecular weight excluding hydrogens is 477 g/mol. The minimum absolute atomic E-state index is 0.000293. The summed E-state index contributed by atoms with van der Waals surface area (Å²) in [5, 5.41) is 26.4. The van der Waals surface area contributed by atoms with Gasteiger partial charge in [-0.1, -0.05) is 23.7 Å². The molecule has 2 heterocycles. The van der Waals surface area contributed by atoms with Crippen molar-refractivity contribution in [3.05, 3.63) is 69.8 Å². The van der Waals surface area contributed by atoms with Gasteiger partial charge in [0.15, 0.2) is 5.82 Å². The van der Waals surface area contributed by atoms with Crippen molar-refractivity contribution >= 4 is 17.6 Å². The van der Waals surface area contributed by atoms with Gasteiger partial charge < -0.3 is 14.6 Å². The largest absolute Gasteiger partial charge is 0.492 e. The minimum atomic E-state index is -4.89. The molecule has 12 heteroatoms. The van der Waals surface area contributed by atoms with E-state index in [4.69, 9.17) is 21.1 Å². The topological polar surface area (TPSA) is 110 Å². The first kappa shape index (κ1) is 23.5. The number of aromatic nitrogens is 3. The van der Waals surface area contributed by atoms with E-state index in [9.17, 15) is 28.3 Å². The van der Waals surface area contributed by atoms with Crippen LogP contribution in [0.25, 0.3) is 5.69 Å². The second kappa shape index (κ2) is 8.96. The van der Waals surface area contributed by atoms with Gasteiger partial charge in [-0.25, -0.2) is 0 Å². The van der Waals surface area contributed by atoms with Crippen LogP contribution in [0.1, 0.15) is 53.9 Å². The van der Waals surface area contributed by atoms with E-state index in [1.807, 2.05) is 6.07 Å². The first-order valence-electron chi connectivity index (χ1n) is 10.0. The number of ether oxygens (including phenoxy) is 2. The summed E-state index contributed by atoms with van der Waals surface area (Å²) in [5.74, 6) is -2.74. The molecule has 1 N–H and O–H groups in total. The Hall–Kier alpha value is -3.62. The number of benzene rings is 2. The molecule has 0 saturated carbocycles. The van der Waals surface area contributed by atoms with Gasteiger partial charge in [0.2, 0.25) is 5.82 Å². The van der Waals surface area contributed by atoms with Gasteiger partial charge in [0.05, 0.1) is 18.7 Å². The summed E-state index contributed by atoms with van der Waals surface area (Å²) in [6.45, 7) is 2.00. The van der Waals surface area contributed by atoms with Crippen molar-refractivity contribution in [1.82, 2.24) is 14.8 Å². The standard InChI is InChI=1S/C22H16ClF3N4O4/c1-2-33-16-5-3-4-12(14(16)10-27)19-13-8-11(23)6-7-15(13)30-20(17(34-19)9-18(31)32)28-29-21(30)22(24,25)26/h3-8,17,19H,2,9H2,1H3,(H,31,32)/t17-,19-/m1/s1. The van der Waals surface area contributed by atoms with Crippen LogP contribution in [0.4, 0.5) is 13.2 Å². The zero-order chi connectivity index (χ0) is 24.6. The van der Waals surface area contributed by atoms with Crippen LogP contribution in [0, 0.1) is 11.3 Å². The Morgan fingerprint density at radius 1 is 1.29 bits per heavy atom. The lowest BCUT2D eigenvalue weighted by Gasteiger charge is -2.23. The van der Waals surface area contributed by atoms with Crippen LogP contribution in [0.5, 0.6) is 5.75 Å². The molecule has 34 heavy (non-hydrogen) atoms. The average molecular weight is 493 g/mol. The molecule has 0 aliphatic carbocycles. The molecule has 8 nitrogen and oxygen atoms in total. The lowest BCUT2D eigenvalue weighted by Crippen LogP contribution is -2.17. The molecule has 176 valence electrons. The summed E-state index contributed by atoms with van der Waals surface area (Å²) in [5.41, 5.74) is 0.556. The zero-order valence-electron chi connectivity index (χ0n) is 17.5. The average Bonchev–Trinajstić information content (AvgIpc) is 3.17. The molecule has 3 aromatic rings. The number of nitrogens with zero attached hydrogens (tertiary/aromatic N) is 4. The van der Waals surface area contributed by atoms with E-state index in [-0.39, 0.29) is 45.6 Å². The van der Waals surface area contributed by atoms with E-state index in [0.29, 0.717) is 0 Å². The number of carbonyl (C=O) groups is 1. The molecule has 1 aromatic heterocycles. The minimum Gasteiger partial charge on any atom is -0.492 e. The summed E-state index contributed by atoms with van der Waals surface area (Å²) < 4.78 is 53.8. The highest BCUT2D eigenvalue weighted by Gasteiger charge is 2.43. The molecule has 0 bridgehead atoms. The Balaban J connectivity index is 2.03. The third kappa shape index (κ3) is 4.18. The van der Waals surface area contributed by atoms with Crippen LogP contribution in [-0.4, -0.2) is 32.4 Å². The lowest BCUT2D eigenvalue weighted by molar-refractivity contribution is -0.146. The van der Waals surface area contributed by atoms with E-state index in [2.05, 4.69) is 10.2 Å². The Labute approximate surface area is 196 Å². The van der Waals surface area contributed by atoms with E-state index in [1.54, 1.807) is 25.1 Å². The fourth-order valence-electron chi connectivity index (χ4n) is 3.86. The smallest absolute Gasteiger partial charge is 0.452 e. The van der Waals surface area contributed by atoms with Crippen LogP contribution in [0.15, 0.2) is 36.4 Å². The number of halogens is 4. The Kier molecular flexibility index (Phi) is 6.20. The summed E-state index contributed by atoms with van der Waals surface area (Å²) in [7, 11) is 0. The fraction of sp³-hybridized carbons (Fsp3) is 0.273. The third-order valence-corrected chi connectivity index (χ3v) is 5.39. The number of rotatable bonds is 5. The van der Waals surface area contributed by atoms with Crippen molar-refractivity contribution in [2.24, 2.45) is 0 Å². The van der Waals surface area contributed by atoms with Crippen molar-refractivity contribution in [2.45, 2.75) is 31.7 Å². The van der Waals surface area contributed by atoms with Gasteiger partial charge >= 0.3 is 12.1 Å². The monoisotopic (exact) mass is 492 g/mol. The number of aliphatic carboxylic acids is 1. The predicted octanol–water partition coefficient (Wildman–Crippen LogP) is 4.85. The van der Waals surface area contributed by atoms with Gasteiger partial charge in [-0.05, 0) is 31.2 Å². The third-order valence-electron chi connectivity index (χ3n) is 5.16. The Bertz CT molecular complexity index is 1300. The van der Waals surface area contributed by atoms with E-state index in [1.165, 1.54) is 18.2 Å². The highest BCUT2D eigenvalue weighted by atomic mass is 35.5. The summed E-state index contributed by atoms with van der Waals surface area (Å²) in [6, 6.07) is 10.9. The first-order chi connectivity index (χ1) is 16.2. The van der Waals surface area contributed by atoms with Crippen molar-refractivity contribution in [2.75, 3.05) is 6.61 Å².